The second-order valence-corrected chi connectivity index (χ2v) is 7.01. The summed E-state index contributed by atoms with van der Waals surface area (Å²) in [6.07, 6.45) is 2.93. The normalized spacial score (nSPS) is 11.5. The molecule has 0 saturated heterocycles. The highest BCUT2D eigenvalue weighted by atomic mass is 35.5. The van der Waals surface area contributed by atoms with Crippen LogP contribution in [0.5, 0.6) is 0 Å². The molecule has 1 amide bonds. The molecule has 7 heteroatoms. The van der Waals surface area contributed by atoms with Crippen LogP contribution in [0.15, 0.2) is 42.7 Å². The Kier molecular flexibility index (Phi) is 4.63. The number of carbonyl (C=O) groups excluding carboxylic acids is 1. The van der Waals surface area contributed by atoms with E-state index >= 15 is 0 Å². The van der Waals surface area contributed by atoms with Crippen molar-refractivity contribution in [3.63, 3.8) is 0 Å². The number of aromatic nitrogens is 3. The standard InChI is InChI=1S/C18H19ClN4O2/c1-18(2,3)25-17(24)20-10-12-4-6-13(7-5-12)16-14-8-9-21-23(14)11-15(19)22-16/h4-9,11H,10H2,1-3H3,(H,20,24). The van der Waals surface area contributed by atoms with Gasteiger partial charge in [-0.25, -0.2) is 14.3 Å². The molecule has 0 aliphatic rings. The number of alkyl carbamates (subject to hydrolysis) is 1. The van der Waals surface area contributed by atoms with Gasteiger partial charge >= 0.3 is 6.09 Å². The summed E-state index contributed by atoms with van der Waals surface area (Å²) >= 11 is 6.07. The van der Waals surface area contributed by atoms with Gasteiger partial charge in [0, 0.05) is 12.1 Å². The van der Waals surface area contributed by atoms with Gasteiger partial charge in [0.05, 0.1) is 23.6 Å². The van der Waals surface area contributed by atoms with Crippen LogP contribution in [-0.4, -0.2) is 26.3 Å². The summed E-state index contributed by atoms with van der Waals surface area (Å²) in [7, 11) is 0. The van der Waals surface area contributed by atoms with Gasteiger partial charge in [-0.15, -0.1) is 0 Å². The molecule has 2 heterocycles. The lowest BCUT2D eigenvalue weighted by Gasteiger charge is -2.19. The summed E-state index contributed by atoms with van der Waals surface area (Å²) in [6, 6.07) is 9.64. The van der Waals surface area contributed by atoms with Gasteiger partial charge in [0.25, 0.3) is 0 Å². The Hall–Kier alpha value is -2.60. The van der Waals surface area contributed by atoms with Crippen molar-refractivity contribution < 1.29 is 9.53 Å². The number of nitrogens with one attached hydrogen (secondary N) is 1. The van der Waals surface area contributed by atoms with E-state index in [4.69, 9.17) is 16.3 Å². The molecule has 0 aliphatic carbocycles. The van der Waals surface area contributed by atoms with Crippen LogP contribution in [0, 0.1) is 0 Å². The molecular formula is C18H19ClN4O2. The minimum Gasteiger partial charge on any atom is -0.444 e. The van der Waals surface area contributed by atoms with Crippen LogP contribution in [0.25, 0.3) is 16.8 Å². The van der Waals surface area contributed by atoms with Gasteiger partial charge in [-0.05, 0) is 32.4 Å². The van der Waals surface area contributed by atoms with Crippen LogP contribution >= 0.6 is 11.6 Å². The number of fused-ring (bicyclic) bond motifs is 1. The maximum Gasteiger partial charge on any atom is 0.407 e. The average Bonchev–Trinajstić information content (AvgIpc) is 2.99. The van der Waals surface area contributed by atoms with Gasteiger partial charge < -0.3 is 10.1 Å². The Morgan fingerprint density at radius 2 is 1.96 bits per heavy atom. The molecule has 0 saturated carbocycles. The Morgan fingerprint density at radius 3 is 2.64 bits per heavy atom. The highest BCUT2D eigenvalue weighted by Crippen LogP contribution is 2.24. The van der Waals surface area contributed by atoms with Crippen molar-refractivity contribution in [1.82, 2.24) is 19.9 Å². The first-order valence-corrected chi connectivity index (χ1v) is 8.26. The molecule has 6 nitrogen and oxygen atoms in total. The Morgan fingerprint density at radius 1 is 1.24 bits per heavy atom. The van der Waals surface area contributed by atoms with Gasteiger partial charge in [0.2, 0.25) is 0 Å². The van der Waals surface area contributed by atoms with Gasteiger partial charge in [-0.3, -0.25) is 0 Å². The molecule has 2 aromatic heterocycles. The zero-order valence-electron chi connectivity index (χ0n) is 14.3. The number of hydrogen-bond acceptors (Lipinski definition) is 4. The van der Waals surface area contributed by atoms with E-state index in [1.807, 2.05) is 51.1 Å². The number of hydrogen-bond donors (Lipinski definition) is 1. The molecule has 0 atom stereocenters. The minimum absolute atomic E-state index is 0.377. The molecule has 1 aromatic carbocycles. The molecule has 1 N–H and O–H groups in total. The molecule has 3 rings (SSSR count). The Balaban J connectivity index is 1.74. The summed E-state index contributed by atoms with van der Waals surface area (Å²) in [5.74, 6) is 0. The highest BCUT2D eigenvalue weighted by molar-refractivity contribution is 6.29. The van der Waals surface area contributed by atoms with E-state index in [1.165, 1.54) is 0 Å². The fraction of sp³-hybridized carbons (Fsp3) is 0.278. The maximum absolute atomic E-state index is 11.7. The first-order valence-electron chi connectivity index (χ1n) is 7.88. The van der Waals surface area contributed by atoms with Crippen molar-refractivity contribution in [1.29, 1.82) is 0 Å². The van der Waals surface area contributed by atoms with Gasteiger partial charge in [0.1, 0.15) is 10.8 Å². The van der Waals surface area contributed by atoms with E-state index in [1.54, 1.807) is 16.9 Å². The second-order valence-electron chi connectivity index (χ2n) is 6.63. The second kappa shape index (κ2) is 6.72. The number of nitrogens with zero attached hydrogens (tertiary/aromatic N) is 3. The topological polar surface area (TPSA) is 68.5 Å². The van der Waals surface area contributed by atoms with Gasteiger partial charge in [-0.1, -0.05) is 35.9 Å². The van der Waals surface area contributed by atoms with E-state index in [-0.39, 0.29) is 0 Å². The van der Waals surface area contributed by atoms with Crippen molar-refractivity contribution in [2.45, 2.75) is 32.9 Å². The van der Waals surface area contributed by atoms with E-state index in [0.29, 0.717) is 11.7 Å². The predicted octanol–water partition coefficient (Wildman–Crippen LogP) is 4.07. The SMILES string of the molecule is CC(C)(C)OC(=O)NCc1ccc(-c2nc(Cl)cn3nccc23)cc1. The fourth-order valence-electron chi connectivity index (χ4n) is 2.38. The lowest BCUT2D eigenvalue weighted by molar-refractivity contribution is 0.0523. The predicted molar refractivity (Wildman–Crippen MR) is 96.5 cm³/mol. The number of amides is 1. The lowest BCUT2D eigenvalue weighted by atomic mass is 10.1. The largest absolute Gasteiger partial charge is 0.444 e. The van der Waals surface area contributed by atoms with Gasteiger partial charge in [-0.2, -0.15) is 5.10 Å². The van der Waals surface area contributed by atoms with Crippen molar-refractivity contribution in [3.8, 4) is 11.3 Å². The van der Waals surface area contributed by atoms with E-state index < -0.39 is 11.7 Å². The lowest BCUT2D eigenvalue weighted by Crippen LogP contribution is -2.32. The summed E-state index contributed by atoms with van der Waals surface area (Å²) in [4.78, 5) is 16.1. The third kappa shape index (κ3) is 4.28. The minimum atomic E-state index is -0.511. The fourth-order valence-corrected chi connectivity index (χ4v) is 2.56. The van der Waals surface area contributed by atoms with E-state index in [2.05, 4.69) is 15.4 Å². The number of halogens is 1. The highest BCUT2D eigenvalue weighted by Gasteiger charge is 2.15. The van der Waals surface area contributed by atoms with Gasteiger partial charge in [0.15, 0.2) is 0 Å². The van der Waals surface area contributed by atoms with Crippen LogP contribution < -0.4 is 5.32 Å². The summed E-state index contributed by atoms with van der Waals surface area (Å²) in [5.41, 5.74) is 3.01. The monoisotopic (exact) mass is 358 g/mol. The molecule has 0 fully saturated rings. The Labute approximate surface area is 150 Å². The summed E-state index contributed by atoms with van der Waals surface area (Å²) in [5, 5.41) is 7.31. The quantitative estimate of drug-likeness (QED) is 0.766. The molecule has 130 valence electrons. The first-order chi connectivity index (χ1) is 11.8. The average molecular weight is 359 g/mol. The van der Waals surface area contributed by atoms with Crippen molar-refractivity contribution in [2.24, 2.45) is 0 Å². The Bertz CT molecular complexity index is 898. The molecule has 3 aromatic rings. The number of benzene rings is 1. The van der Waals surface area contributed by atoms with Crippen LogP contribution in [0.3, 0.4) is 0 Å². The third-order valence-corrected chi connectivity index (χ3v) is 3.61. The van der Waals surface area contributed by atoms with Crippen molar-refractivity contribution in [2.75, 3.05) is 0 Å². The van der Waals surface area contributed by atoms with Crippen molar-refractivity contribution >= 4 is 23.2 Å². The van der Waals surface area contributed by atoms with Crippen LogP contribution in [0.2, 0.25) is 5.15 Å². The molecule has 25 heavy (non-hydrogen) atoms. The number of rotatable bonds is 3. The molecule has 0 aliphatic heterocycles. The molecule has 0 spiro atoms. The molecule has 0 radical (unpaired) electrons. The van der Waals surface area contributed by atoms with Crippen LogP contribution in [0.4, 0.5) is 4.79 Å². The molecule has 0 unspecified atom stereocenters. The van der Waals surface area contributed by atoms with Crippen LogP contribution in [0.1, 0.15) is 26.3 Å². The molecule has 0 bridgehead atoms. The first kappa shape index (κ1) is 17.2. The smallest absolute Gasteiger partial charge is 0.407 e. The summed E-state index contributed by atoms with van der Waals surface area (Å²) in [6.45, 7) is 5.88. The number of carbonyl (C=O) groups is 1. The van der Waals surface area contributed by atoms with E-state index in [0.717, 1.165) is 22.3 Å². The van der Waals surface area contributed by atoms with E-state index in [9.17, 15) is 4.79 Å². The zero-order chi connectivity index (χ0) is 18.0. The summed E-state index contributed by atoms with van der Waals surface area (Å²) < 4.78 is 6.92. The molecular weight excluding hydrogens is 340 g/mol. The third-order valence-electron chi connectivity index (χ3n) is 3.42. The maximum atomic E-state index is 11.7. The number of ether oxygens (including phenoxy) is 1. The zero-order valence-corrected chi connectivity index (χ0v) is 15.0. The van der Waals surface area contributed by atoms with Crippen molar-refractivity contribution in [3.05, 3.63) is 53.4 Å². The van der Waals surface area contributed by atoms with Crippen LogP contribution in [-0.2, 0) is 11.3 Å².